The molecule has 0 aliphatic carbocycles. The summed E-state index contributed by atoms with van der Waals surface area (Å²) in [6, 6.07) is 15.1. The van der Waals surface area contributed by atoms with Crippen molar-refractivity contribution in [1.29, 1.82) is 0 Å². The highest BCUT2D eigenvalue weighted by molar-refractivity contribution is 5.96. The molecule has 0 fully saturated rings. The Labute approximate surface area is 270 Å². The first-order valence-electron chi connectivity index (χ1n) is 14.6. The van der Waals surface area contributed by atoms with Gasteiger partial charge in [0.1, 0.15) is 35.7 Å². The van der Waals surface area contributed by atoms with Gasteiger partial charge in [-0.1, -0.05) is 54.6 Å². The molecular formula is C33H37N5O9. The number of phenolic OH excluding ortho intramolecular Hbond substituents is 2. The molecule has 248 valence electrons. The lowest BCUT2D eigenvalue weighted by molar-refractivity contribution is -0.141. The number of rotatable bonds is 16. The Bertz CT molecular complexity index is 1550. The van der Waals surface area contributed by atoms with Crippen LogP contribution in [0.4, 0.5) is 0 Å². The number of nitrogens with one attached hydrogen (secondary N) is 4. The van der Waals surface area contributed by atoms with E-state index in [-0.39, 0.29) is 30.8 Å². The van der Waals surface area contributed by atoms with Gasteiger partial charge in [0.25, 0.3) is 0 Å². The number of phenols is 2. The molecule has 3 aromatic carbocycles. The zero-order valence-corrected chi connectivity index (χ0v) is 25.5. The molecule has 0 heterocycles. The summed E-state index contributed by atoms with van der Waals surface area (Å²) in [6.07, 6.45) is -0.929. The van der Waals surface area contributed by atoms with E-state index in [9.17, 15) is 44.1 Å². The van der Waals surface area contributed by atoms with Crippen LogP contribution < -0.4 is 27.0 Å². The van der Waals surface area contributed by atoms with Crippen LogP contribution in [0, 0.1) is 0 Å². The largest absolute Gasteiger partial charge is 0.508 e. The van der Waals surface area contributed by atoms with Gasteiger partial charge in [-0.25, -0.2) is 0 Å². The fourth-order valence-electron chi connectivity index (χ4n) is 4.67. The number of primary amides is 1. The average molecular weight is 648 g/mol. The maximum Gasteiger partial charge on any atom is 0.305 e. The third-order valence-corrected chi connectivity index (χ3v) is 7.03. The number of aliphatic carboxylic acids is 1. The molecule has 0 aliphatic heterocycles. The molecule has 4 unspecified atom stereocenters. The number of hydrogen-bond donors (Lipinski definition) is 8. The molecule has 3 aromatic rings. The van der Waals surface area contributed by atoms with Crippen molar-refractivity contribution in [3.05, 3.63) is 95.6 Å². The second kappa shape index (κ2) is 17.0. The highest BCUT2D eigenvalue weighted by atomic mass is 16.4. The van der Waals surface area contributed by atoms with Gasteiger partial charge < -0.3 is 42.3 Å². The standard InChI is InChI=1S/C33H37N5O9/c1-19(39)35-28(18-29(42)43)33(47)38-27(17-22-9-13-24(41)14-10-22)32(46)37-26(16-21-7-11-23(40)12-8-21)31(45)36-25(30(34)44)15-20-5-3-2-4-6-20/h2-14,25-28,40-41H,15-18H2,1H3,(H2,34,44)(H,35,39)(H,36,45)(H,37,46)(H,38,47)(H,42,43). The fraction of sp³-hybridized carbons (Fsp3) is 0.273. The summed E-state index contributed by atoms with van der Waals surface area (Å²) in [6.45, 7) is 1.10. The summed E-state index contributed by atoms with van der Waals surface area (Å²) < 4.78 is 0. The van der Waals surface area contributed by atoms with Gasteiger partial charge in [0.15, 0.2) is 0 Å². The predicted octanol–water partition coefficient (Wildman–Crippen LogP) is 0.0448. The highest BCUT2D eigenvalue weighted by Crippen LogP contribution is 2.14. The van der Waals surface area contributed by atoms with Gasteiger partial charge in [0.2, 0.25) is 29.5 Å². The predicted molar refractivity (Wildman–Crippen MR) is 169 cm³/mol. The average Bonchev–Trinajstić information content (AvgIpc) is 3.01. The summed E-state index contributed by atoms with van der Waals surface area (Å²) in [5, 5.41) is 38.6. The number of carboxylic acids is 1. The Kier molecular flexibility index (Phi) is 12.8. The zero-order chi connectivity index (χ0) is 34.5. The summed E-state index contributed by atoms with van der Waals surface area (Å²) in [4.78, 5) is 75.9. The van der Waals surface area contributed by atoms with Crippen molar-refractivity contribution in [3.8, 4) is 11.5 Å². The number of aromatic hydroxyl groups is 2. The topological polar surface area (TPSA) is 237 Å². The van der Waals surface area contributed by atoms with Crippen LogP contribution in [0.25, 0.3) is 0 Å². The monoisotopic (exact) mass is 647 g/mol. The Hall–Kier alpha value is -5.92. The third kappa shape index (κ3) is 11.8. The minimum atomic E-state index is -1.51. The van der Waals surface area contributed by atoms with E-state index in [2.05, 4.69) is 21.3 Å². The number of carbonyl (C=O) groups excluding carboxylic acids is 5. The van der Waals surface area contributed by atoms with Crippen LogP contribution in [-0.2, 0) is 48.0 Å². The maximum atomic E-state index is 13.8. The molecule has 0 bridgehead atoms. The first-order chi connectivity index (χ1) is 22.3. The van der Waals surface area contributed by atoms with E-state index >= 15 is 0 Å². The molecule has 9 N–H and O–H groups in total. The Morgan fingerprint density at radius 1 is 0.574 bits per heavy atom. The molecule has 14 nitrogen and oxygen atoms in total. The highest BCUT2D eigenvalue weighted by Gasteiger charge is 2.32. The van der Waals surface area contributed by atoms with E-state index in [0.717, 1.165) is 12.5 Å². The molecule has 47 heavy (non-hydrogen) atoms. The molecule has 0 saturated carbocycles. The zero-order valence-electron chi connectivity index (χ0n) is 25.5. The molecule has 5 amide bonds. The lowest BCUT2D eigenvalue weighted by Gasteiger charge is -2.26. The van der Waals surface area contributed by atoms with Crippen LogP contribution in [0.5, 0.6) is 11.5 Å². The Morgan fingerprint density at radius 3 is 1.36 bits per heavy atom. The van der Waals surface area contributed by atoms with Gasteiger partial charge in [-0.05, 0) is 41.0 Å². The van der Waals surface area contributed by atoms with Gasteiger partial charge in [0, 0.05) is 26.2 Å². The lowest BCUT2D eigenvalue weighted by Crippen LogP contribution is -2.59. The van der Waals surface area contributed by atoms with Crippen LogP contribution in [0.2, 0.25) is 0 Å². The number of nitrogens with two attached hydrogens (primary N) is 1. The van der Waals surface area contributed by atoms with E-state index in [4.69, 9.17) is 5.73 Å². The number of benzene rings is 3. The smallest absolute Gasteiger partial charge is 0.305 e. The normalized spacial score (nSPS) is 13.2. The molecule has 0 saturated heterocycles. The van der Waals surface area contributed by atoms with Crippen LogP contribution in [0.15, 0.2) is 78.9 Å². The van der Waals surface area contributed by atoms with Crippen molar-refractivity contribution >= 4 is 35.5 Å². The number of amides is 5. The second-order valence-corrected chi connectivity index (χ2v) is 10.9. The molecule has 0 aliphatic rings. The lowest BCUT2D eigenvalue weighted by atomic mass is 10.0. The molecule has 3 rings (SSSR count). The van der Waals surface area contributed by atoms with Crippen molar-refractivity contribution in [2.24, 2.45) is 5.73 Å². The van der Waals surface area contributed by atoms with E-state index in [1.807, 2.05) is 0 Å². The van der Waals surface area contributed by atoms with Crippen LogP contribution >= 0.6 is 0 Å². The molecule has 14 heteroatoms. The fourth-order valence-corrected chi connectivity index (χ4v) is 4.67. The van der Waals surface area contributed by atoms with Gasteiger partial charge in [-0.15, -0.1) is 0 Å². The van der Waals surface area contributed by atoms with E-state index in [0.29, 0.717) is 11.1 Å². The molecular weight excluding hydrogens is 610 g/mol. The number of hydrogen-bond acceptors (Lipinski definition) is 8. The summed E-state index contributed by atoms with van der Waals surface area (Å²) >= 11 is 0. The van der Waals surface area contributed by atoms with Crippen molar-refractivity contribution in [1.82, 2.24) is 21.3 Å². The van der Waals surface area contributed by atoms with Crippen LogP contribution in [0.3, 0.4) is 0 Å². The number of carboxylic acid groups (broad SMARTS) is 1. The third-order valence-electron chi connectivity index (χ3n) is 7.03. The quantitative estimate of drug-likeness (QED) is 0.105. The number of carbonyl (C=O) groups is 6. The molecule has 0 radical (unpaired) electrons. The van der Waals surface area contributed by atoms with Gasteiger partial charge in [-0.3, -0.25) is 28.8 Å². The van der Waals surface area contributed by atoms with E-state index in [1.54, 1.807) is 30.3 Å². The van der Waals surface area contributed by atoms with Crippen molar-refractivity contribution < 1.29 is 44.1 Å². The van der Waals surface area contributed by atoms with Gasteiger partial charge >= 0.3 is 5.97 Å². The van der Waals surface area contributed by atoms with Gasteiger partial charge in [-0.2, -0.15) is 0 Å². The molecule has 4 atom stereocenters. The Morgan fingerprint density at radius 2 is 0.957 bits per heavy atom. The molecule has 0 aromatic heterocycles. The first kappa shape index (κ1) is 35.6. The van der Waals surface area contributed by atoms with Crippen molar-refractivity contribution in [2.75, 3.05) is 0 Å². The summed E-state index contributed by atoms with van der Waals surface area (Å²) in [7, 11) is 0. The summed E-state index contributed by atoms with van der Waals surface area (Å²) in [5.74, 6) is -5.49. The molecule has 0 spiro atoms. The van der Waals surface area contributed by atoms with Gasteiger partial charge in [0.05, 0.1) is 6.42 Å². The summed E-state index contributed by atoms with van der Waals surface area (Å²) in [5.41, 5.74) is 7.35. The Balaban J connectivity index is 1.91. The minimum absolute atomic E-state index is 0.0257. The minimum Gasteiger partial charge on any atom is -0.508 e. The van der Waals surface area contributed by atoms with E-state index < -0.39 is 66.1 Å². The van der Waals surface area contributed by atoms with Crippen molar-refractivity contribution in [2.45, 2.75) is 56.8 Å². The van der Waals surface area contributed by atoms with Crippen molar-refractivity contribution in [3.63, 3.8) is 0 Å². The van der Waals surface area contributed by atoms with Crippen LogP contribution in [-0.4, -0.2) is 75.0 Å². The first-order valence-corrected chi connectivity index (χ1v) is 14.6. The second-order valence-electron chi connectivity index (χ2n) is 10.9. The van der Waals surface area contributed by atoms with E-state index in [1.165, 1.54) is 48.5 Å². The maximum absolute atomic E-state index is 13.8. The SMILES string of the molecule is CC(=O)NC(CC(=O)O)C(=O)NC(Cc1ccc(O)cc1)C(=O)NC(Cc1ccc(O)cc1)C(=O)NC(Cc1ccccc1)C(N)=O. The van der Waals surface area contributed by atoms with Crippen LogP contribution in [0.1, 0.15) is 30.0 Å².